The molecule has 0 aromatic carbocycles. The number of carbonyl (C=O) groups excluding carboxylic acids is 2. The number of likely N-dealkylation sites (N-methyl/N-ethyl adjacent to an activating group) is 1. The van der Waals surface area contributed by atoms with E-state index in [1.807, 2.05) is 17.5 Å². The largest absolute Gasteiger partial charge is 0.365 e. The van der Waals surface area contributed by atoms with Crippen molar-refractivity contribution in [3.63, 3.8) is 0 Å². The first-order chi connectivity index (χ1) is 9.15. The molecule has 1 saturated heterocycles. The smallest absolute Gasteiger partial charge is 0.248 e. The van der Waals surface area contributed by atoms with E-state index in [4.69, 9.17) is 4.74 Å². The molecule has 0 radical (unpaired) electrons. The molecule has 1 aliphatic heterocycles. The lowest BCUT2D eigenvalue weighted by Crippen LogP contribution is -2.48. The minimum Gasteiger partial charge on any atom is -0.365 e. The normalized spacial score (nSPS) is 19.5. The first-order valence-corrected chi connectivity index (χ1v) is 7.18. The Hall–Kier alpha value is -1.40. The third-order valence-electron chi connectivity index (χ3n) is 3.05. The van der Waals surface area contributed by atoms with Crippen molar-refractivity contribution in [2.24, 2.45) is 0 Å². The molecule has 1 N–H and O–H groups in total. The van der Waals surface area contributed by atoms with Gasteiger partial charge >= 0.3 is 0 Å². The molecular weight excluding hydrogens is 264 g/mol. The minimum absolute atomic E-state index is 0.0136. The average Bonchev–Trinajstić information content (AvgIpc) is 2.91. The van der Waals surface area contributed by atoms with Crippen molar-refractivity contribution >= 4 is 23.2 Å². The van der Waals surface area contributed by atoms with Crippen molar-refractivity contribution < 1.29 is 14.3 Å². The molecule has 2 heterocycles. The molecule has 1 unspecified atom stereocenters. The Labute approximate surface area is 116 Å². The number of hydrogen-bond acceptors (Lipinski definition) is 4. The van der Waals surface area contributed by atoms with Gasteiger partial charge in [0.05, 0.1) is 6.10 Å². The lowest BCUT2D eigenvalue weighted by molar-refractivity contribution is -0.146. The molecule has 1 aliphatic rings. The van der Waals surface area contributed by atoms with Crippen LogP contribution in [0.25, 0.3) is 0 Å². The number of rotatable bonds is 5. The fraction of sp³-hybridized carbons (Fsp3) is 0.538. The summed E-state index contributed by atoms with van der Waals surface area (Å²) in [7, 11) is 1.75. The van der Waals surface area contributed by atoms with Gasteiger partial charge in [0.15, 0.2) is 0 Å². The van der Waals surface area contributed by atoms with E-state index in [1.54, 1.807) is 23.3 Å². The average molecular weight is 282 g/mol. The van der Waals surface area contributed by atoms with Crippen molar-refractivity contribution in [1.29, 1.82) is 0 Å². The predicted octanol–water partition coefficient (Wildman–Crippen LogP) is 0.654. The summed E-state index contributed by atoms with van der Waals surface area (Å²) < 4.78 is 5.36. The minimum atomic E-state index is -0.103. The number of nitrogens with one attached hydrogen (secondary N) is 1. The summed E-state index contributed by atoms with van der Waals surface area (Å²) >= 11 is 1.66. The Morgan fingerprint density at radius 1 is 1.63 bits per heavy atom. The predicted molar refractivity (Wildman–Crippen MR) is 73.0 cm³/mol. The molecule has 1 atom stereocenters. The van der Waals surface area contributed by atoms with Gasteiger partial charge in [-0.1, -0.05) is 6.07 Å². The molecule has 19 heavy (non-hydrogen) atoms. The number of carbonyl (C=O) groups is 2. The molecule has 0 aliphatic carbocycles. The lowest BCUT2D eigenvalue weighted by atomic mass is 10.2. The van der Waals surface area contributed by atoms with Gasteiger partial charge in [-0.3, -0.25) is 9.59 Å². The topological polar surface area (TPSA) is 58.6 Å². The van der Waals surface area contributed by atoms with Crippen LogP contribution in [-0.2, 0) is 20.7 Å². The van der Waals surface area contributed by atoms with Crippen LogP contribution in [0, 0.1) is 0 Å². The van der Waals surface area contributed by atoms with Gasteiger partial charge in [-0.25, -0.2) is 0 Å². The number of hydrogen-bond donors (Lipinski definition) is 1. The second-order valence-corrected chi connectivity index (χ2v) is 5.62. The number of amides is 2. The van der Waals surface area contributed by atoms with E-state index in [1.165, 1.54) is 4.88 Å². The molecule has 1 aromatic rings. The van der Waals surface area contributed by atoms with E-state index in [2.05, 4.69) is 5.32 Å². The molecule has 0 spiro atoms. The van der Waals surface area contributed by atoms with Gasteiger partial charge in [-0.05, 0) is 17.9 Å². The molecule has 1 aromatic heterocycles. The first kappa shape index (κ1) is 14.0. The van der Waals surface area contributed by atoms with Crippen LogP contribution in [0.4, 0.5) is 0 Å². The zero-order valence-electron chi connectivity index (χ0n) is 10.9. The van der Waals surface area contributed by atoms with Crippen LogP contribution in [0.5, 0.6) is 0 Å². The third kappa shape index (κ3) is 4.33. The van der Waals surface area contributed by atoms with E-state index in [0.29, 0.717) is 19.5 Å². The van der Waals surface area contributed by atoms with Crippen LogP contribution in [0.1, 0.15) is 11.3 Å². The van der Waals surface area contributed by atoms with E-state index < -0.39 is 0 Å². The molecule has 2 rings (SSSR count). The van der Waals surface area contributed by atoms with Crippen LogP contribution < -0.4 is 5.32 Å². The summed E-state index contributed by atoms with van der Waals surface area (Å²) in [5.41, 5.74) is 0. The van der Waals surface area contributed by atoms with Crippen molar-refractivity contribution in [3.05, 3.63) is 22.4 Å². The van der Waals surface area contributed by atoms with Gasteiger partial charge in [0.1, 0.15) is 6.61 Å². The zero-order valence-corrected chi connectivity index (χ0v) is 11.7. The van der Waals surface area contributed by atoms with Crippen molar-refractivity contribution in [2.45, 2.75) is 18.9 Å². The zero-order chi connectivity index (χ0) is 13.7. The Kier molecular flexibility index (Phi) is 4.93. The van der Waals surface area contributed by atoms with E-state index in [9.17, 15) is 9.59 Å². The number of aryl methyl sites for hydroxylation is 1. The van der Waals surface area contributed by atoms with E-state index >= 15 is 0 Å². The van der Waals surface area contributed by atoms with Crippen molar-refractivity contribution in [1.82, 2.24) is 10.2 Å². The number of ether oxygens (including phenoxy) is 1. The van der Waals surface area contributed by atoms with Gasteiger partial charge in [0.25, 0.3) is 0 Å². The highest BCUT2D eigenvalue weighted by Gasteiger charge is 2.23. The SMILES string of the molecule is CN1CC(CNC(=O)CCc2cccs2)OCC1=O. The highest BCUT2D eigenvalue weighted by Crippen LogP contribution is 2.10. The summed E-state index contributed by atoms with van der Waals surface area (Å²) in [6, 6.07) is 4.02. The molecule has 2 amide bonds. The third-order valence-corrected chi connectivity index (χ3v) is 3.99. The molecule has 0 saturated carbocycles. The van der Waals surface area contributed by atoms with E-state index in [0.717, 1.165) is 6.42 Å². The van der Waals surface area contributed by atoms with E-state index in [-0.39, 0.29) is 24.5 Å². The Morgan fingerprint density at radius 3 is 3.16 bits per heavy atom. The second-order valence-electron chi connectivity index (χ2n) is 4.59. The van der Waals surface area contributed by atoms with Gasteiger partial charge in [-0.15, -0.1) is 11.3 Å². The molecular formula is C13H18N2O3S. The quantitative estimate of drug-likeness (QED) is 0.863. The van der Waals surface area contributed by atoms with Gasteiger partial charge < -0.3 is 15.0 Å². The summed E-state index contributed by atoms with van der Waals surface area (Å²) in [6.45, 7) is 1.09. The number of nitrogens with zero attached hydrogens (tertiary/aromatic N) is 1. The number of morpholine rings is 1. The molecule has 104 valence electrons. The molecule has 6 heteroatoms. The summed E-state index contributed by atoms with van der Waals surface area (Å²) in [6.07, 6.45) is 1.16. The highest BCUT2D eigenvalue weighted by molar-refractivity contribution is 7.09. The van der Waals surface area contributed by atoms with Gasteiger partial charge in [0.2, 0.25) is 11.8 Å². The maximum absolute atomic E-state index is 11.7. The van der Waals surface area contributed by atoms with Crippen LogP contribution in [0.3, 0.4) is 0 Å². The van der Waals surface area contributed by atoms with Gasteiger partial charge in [0, 0.05) is 31.4 Å². The Morgan fingerprint density at radius 2 is 2.47 bits per heavy atom. The fourth-order valence-electron chi connectivity index (χ4n) is 1.89. The van der Waals surface area contributed by atoms with Crippen LogP contribution >= 0.6 is 11.3 Å². The Bertz CT molecular complexity index is 433. The molecule has 1 fully saturated rings. The maximum Gasteiger partial charge on any atom is 0.248 e. The summed E-state index contributed by atoms with van der Waals surface area (Å²) in [4.78, 5) is 25.8. The Balaban J connectivity index is 1.65. The molecule has 0 bridgehead atoms. The summed E-state index contributed by atoms with van der Waals surface area (Å²) in [5.74, 6) is 0.0109. The summed E-state index contributed by atoms with van der Waals surface area (Å²) in [5, 5.41) is 4.86. The first-order valence-electron chi connectivity index (χ1n) is 6.30. The van der Waals surface area contributed by atoms with Crippen LogP contribution in [-0.4, -0.2) is 49.6 Å². The molecule has 5 nitrogen and oxygen atoms in total. The van der Waals surface area contributed by atoms with Crippen LogP contribution in [0.2, 0.25) is 0 Å². The van der Waals surface area contributed by atoms with Crippen molar-refractivity contribution in [2.75, 3.05) is 26.7 Å². The maximum atomic E-state index is 11.7. The highest BCUT2D eigenvalue weighted by atomic mass is 32.1. The standard InChI is InChI=1S/C13H18N2O3S/c1-15-8-10(18-9-13(15)17)7-14-12(16)5-4-11-3-2-6-19-11/h2-3,6,10H,4-5,7-9H2,1H3,(H,14,16). The second kappa shape index (κ2) is 6.68. The van der Waals surface area contributed by atoms with Crippen LogP contribution in [0.15, 0.2) is 17.5 Å². The fourth-order valence-corrected chi connectivity index (χ4v) is 2.60. The monoisotopic (exact) mass is 282 g/mol. The van der Waals surface area contributed by atoms with Gasteiger partial charge in [-0.2, -0.15) is 0 Å². The van der Waals surface area contributed by atoms with Crippen molar-refractivity contribution in [3.8, 4) is 0 Å². The lowest BCUT2D eigenvalue weighted by Gasteiger charge is -2.29. The number of thiophene rings is 1.